The van der Waals surface area contributed by atoms with E-state index in [9.17, 15) is 23.3 Å². The summed E-state index contributed by atoms with van der Waals surface area (Å²) in [4.78, 5) is 21.2. The standard InChI is InChI=1S/C9H11N3O7S/c1-6(9(13)10-14)11(20(17,18)19)7-3-2-4-8(5-7)12(15)16/h2-6,14H,1H3,(H,10,13)(H,17,18,19). The topological polar surface area (TPSA) is 150 Å². The Morgan fingerprint density at radius 3 is 2.55 bits per heavy atom. The lowest BCUT2D eigenvalue weighted by molar-refractivity contribution is -0.384. The zero-order valence-corrected chi connectivity index (χ0v) is 10.9. The van der Waals surface area contributed by atoms with E-state index in [4.69, 9.17) is 9.76 Å². The summed E-state index contributed by atoms with van der Waals surface area (Å²) in [7, 11) is -4.88. The second-order valence-corrected chi connectivity index (χ2v) is 4.99. The number of non-ortho nitro benzene ring substituents is 1. The van der Waals surface area contributed by atoms with Crippen molar-refractivity contribution in [2.24, 2.45) is 0 Å². The number of carbonyl (C=O) groups excluding carboxylic acids is 1. The van der Waals surface area contributed by atoms with E-state index in [2.05, 4.69) is 0 Å². The lowest BCUT2D eigenvalue weighted by atomic mass is 10.2. The van der Waals surface area contributed by atoms with Gasteiger partial charge < -0.3 is 0 Å². The van der Waals surface area contributed by atoms with E-state index < -0.39 is 32.9 Å². The van der Waals surface area contributed by atoms with Crippen LogP contribution in [0.5, 0.6) is 0 Å². The number of hydrogen-bond acceptors (Lipinski definition) is 6. The molecular weight excluding hydrogens is 294 g/mol. The van der Waals surface area contributed by atoms with Crippen molar-refractivity contribution in [1.29, 1.82) is 0 Å². The van der Waals surface area contributed by atoms with E-state index in [0.29, 0.717) is 0 Å². The van der Waals surface area contributed by atoms with Crippen molar-refractivity contribution in [1.82, 2.24) is 5.48 Å². The molecular formula is C9H11N3O7S. The fourth-order valence-electron chi connectivity index (χ4n) is 1.50. The summed E-state index contributed by atoms with van der Waals surface area (Å²) in [6.07, 6.45) is 0. The van der Waals surface area contributed by atoms with Gasteiger partial charge in [0.05, 0.1) is 10.6 Å². The van der Waals surface area contributed by atoms with Gasteiger partial charge in [0.2, 0.25) is 0 Å². The van der Waals surface area contributed by atoms with Crippen molar-refractivity contribution in [3.05, 3.63) is 34.4 Å². The molecule has 10 nitrogen and oxygen atoms in total. The van der Waals surface area contributed by atoms with Crippen LogP contribution >= 0.6 is 0 Å². The van der Waals surface area contributed by atoms with Crippen LogP contribution in [0.4, 0.5) is 11.4 Å². The zero-order valence-electron chi connectivity index (χ0n) is 10.1. The molecule has 0 saturated carbocycles. The first-order chi connectivity index (χ1) is 9.18. The normalized spacial score (nSPS) is 12.6. The fraction of sp³-hybridized carbons (Fsp3) is 0.222. The Morgan fingerprint density at radius 1 is 1.50 bits per heavy atom. The molecule has 0 saturated heterocycles. The number of carbonyl (C=O) groups is 1. The Morgan fingerprint density at radius 2 is 2.10 bits per heavy atom. The Bertz CT molecular complexity index is 630. The van der Waals surface area contributed by atoms with Crippen LogP contribution in [-0.2, 0) is 15.1 Å². The van der Waals surface area contributed by atoms with Crippen molar-refractivity contribution < 1.29 is 27.9 Å². The summed E-state index contributed by atoms with van der Waals surface area (Å²) >= 11 is 0. The third kappa shape index (κ3) is 3.40. The van der Waals surface area contributed by atoms with Crippen molar-refractivity contribution in [3.8, 4) is 0 Å². The minimum absolute atomic E-state index is 0.242. The minimum Gasteiger partial charge on any atom is -0.289 e. The molecule has 0 bridgehead atoms. The van der Waals surface area contributed by atoms with Crippen molar-refractivity contribution >= 4 is 27.6 Å². The Balaban J connectivity index is 3.36. The van der Waals surface area contributed by atoms with Gasteiger partial charge in [-0.25, -0.2) is 9.79 Å². The first-order valence-corrected chi connectivity index (χ1v) is 6.53. The van der Waals surface area contributed by atoms with Crippen LogP contribution in [0.3, 0.4) is 0 Å². The molecule has 20 heavy (non-hydrogen) atoms. The SMILES string of the molecule is CC(C(=O)NO)N(c1cccc([N+](=O)[O-])c1)S(=O)(=O)O. The number of nitrogens with one attached hydrogen (secondary N) is 1. The molecule has 1 aromatic carbocycles. The summed E-state index contributed by atoms with van der Waals surface area (Å²) in [5.74, 6) is -1.12. The minimum atomic E-state index is -4.88. The molecule has 0 spiro atoms. The van der Waals surface area contributed by atoms with E-state index in [0.717, 1.165) is 25.1 Å². The van der Waals surface area contributed by atoms with Crippen LogP contribution in [0.2, 0.25) is 0 Å². The maximum absolute atomic E-state index is 11.3. The molecule has 0 aliphatic carbocycles. The van der Waals surface area contributed by atoms with Gasteiger partial charge in [-0.1, -0.05) is 6.07 Å². The van der Waals surface area contributed by atoms with Gasteiger partial charge in [-0.3, -0.25) is 24.7 Å². The first kappa shape index (κ1) is 15.8. The predicted molar refractivity (Wildman–Crippen MR) is 66.5 cm³/mol. The molecule has 3 N–H and O–H groups in total. The molecule has 0 fully saturated rings. The number of benzene rings is 1. The summed E-state index contributed by atoms with van der Waals surface area (Å²) in [5, 5.41) is 19.1. The summed E-state index contributed by atoms with van der Waals surface area (Å²) < 4.78 is 32.0. The smallest absolute Gasteiger partial charge is 0.289 e. The second kappa shape index (κ2) is 5.81. The molecule has 0 aromatic heterocycles. The molecule has 0 radical (unpaired) electrons. The van der Waals surface area contributed by atoms with Gasteiger partial charge >= 0.3 is 10.3 Å². The molecule has 0 aliphatic rings. The highest BCUT2D eigenvalue weighted by atomic mass is 32.2. The molecule has 110 valence electrons. The number of anilines is 1. The van der Waals surface area contributed by atoms with Crippen LogP contribution in [-0.4, -0.2) is 35.1 Å². The third-order valence-electron chi connectivity index (χ3n) is 2.39. The van der Waals surface area contributed by atoms with Crippen molar-refractivity contribution in [2.45, 2.75) is 13.0 Å². The maximum Gasteiger partial charge on any atom is 0.360 e. The Kier molecular flexibility index (Phi) is 4.60. The van der Waals surface area contributed by atoms with E-state index in [1.54, 1.807) is 0 Å². The van der Waals surface area contributed by atoms with Crippen LogP contribution in [0.15, 0.2) is 24.3 Å². The largest absolute Gasteiger partial charge is 0.360 e. The lowest BCUT2D eigenvalue weighted by Gasteiger charge is -2.25. The third-order valence-corrected chi connectivity index (χ3v) is 3.41. The number of hydroxylamine groups is 1. The zero-order chi connectivity index (χ0) is 15.5. The molecule has 1 rings (SSSR count). The number of hydrogen-bond donors (Lipinski definition) is 3. The Labute approximate surface area is 113 Å². The van der Waals surface area contributed by atoms with Crippen molar-refractivity contribution in [3.63, 3.8) is 0 Å². The average molecular weight is 305 g/mol. The number of nitrogens with zero attached hydrogens (tertiary/aromatic N) is 2. The summed E-state index contributed by atoms with van der Waals surface area (Å²) in [6, 6.07) is 2.81. The second-order valence-electron chi connectivity index (χ2n) is 3.70. The highest BCUT2D eigenvalue weighted by Crippen LogP contribution is 2.25. The fourth-order valence-corrected chi connectivity index (χ4v) is 2.38. The van der Waals surface area contributed by atoms with E-state index in [1.165, 1.54) is 11.5 Å². The van der Waals surface area contributed by atoms with Gasteiger partial charge in [-0.05, 0) is 13.0 Å². The number of rotatable bonds is 5. The molecule has 1 unspecified atom stereocenters. The molecule has 1 aromatic rings. The van der Waals surface area contributed by atoms with E-state index in [-0.39, 0.29) is 9.99 Å². The number of nitro benzene ring substituents is 1. The average Bonchev–Trinajstić information content (AvgIpc) is 2.36. The molecule has 11 heteroatoms. The van der Waals surface area contributed by atoms with Crippen LogP contribution in [0, 0.1) is 10.1 Å². The first-order valence-electron chi connectivity index (χ1n) is 5.13. The van der Waals surface area contributed by atoms with Crippen LogP contribution < -0.4 is 9.79 Å². The number of amides is 1. The Hall–Kier alpha value is -2.24. The van der Waals surface area contributed by atoms with Gasteiger partial charge in [0.1, 0.15) is 6.04 Å². The van der Waals surface area contributed by atoms with Crippen molar-refractivity contribution in [2.75, 3.05) is 4.31 Å². The summed E-state index contributed by atoms with van der Waals surface area (Å²) in [5.41, 5.74) is 0.517. The summed E-state index contributed by atoms with van der Waals surface area (Å²) in [6.45, 7) is 1.08. The molecule has 1 atom stereocenters. The molecule has 0 aliphatic heterocycles. The highest BCUT2D eigenvalue weighted by molar-refractivity contribution is 7.87. The molecule has 1 amide bonds. The van der Waals surface area contributed by atoms with Gasteiger partial charge in [-0.2, -0.15) is 8.42 Å². The quantitative estimate of drug-likeness (QED) is 0.302. The van der Waals surface area contributed by atoms with Crippen LogP contribution in [0.1, 0.15) is 6.92 Å². The highest BCUT2D eigenvalue weighted by Gasteiger charge is 2.31. The van der Waals surface area contributed by atoms with E-state index >= 15 is 0 Å². The van der Waals surface area contributed by atoms with E-state index in [1.807, 2.05) is 0 Å². The predicted octanol–water partition coefficient (Wildman–Crippen LogP) is 0.0979. The van der Waals surface area contributed by atoms with Gasteiger partial charge in [0.15, 0.2) is 0 Å². The van der Waals surface area contributed by atoms with Gasteiger partial charge in [0, 0.05) is 12.1 Å². The maximum atomic E-state index is 11.3. The van der Waals surface area contributed by atoms with Crippen LogP contribution in [0.25, 0.3) is 0 Å². The van der Waals surface area contributed by atoms with Gasteiger partial charge in [-0.15, -0.1) is 0 Å². The monoisotopic (exact) mass is 305 g/mol. The number of nitro groups is 1. The lowest BCUT2D eigenvalue weighted by Crippen LogP contribution is -2.47. The van der Waals surface area contributed by atoms with Gasteiger partial charge in [0.25, 0.3) is 11.6 Å². The molecule has 0 heterocycles.